The topological polar surface area (TPSA) is 67.4 Å². The van der Waals surface area contributed by atoms with E-state index < -0.39 is 0 Å². The minimum Gasteiger partial charge on any atom is -0.457 e. The molecule has 0 radical (unpaired) electrons. The molecular weight excluding hydrogens is 364 g/mol. The van der Waals surface area contributed by atoms with Crippen molar-refractivity contribution in [2.45, 2.75) is 26.7 Å². The number of para-hydroxylation sites is 1. The zero-order valence-electron chi connectivity index (χ0n) is 16.8. The lowest BCUT2D eigenvalue weighted by Gasteiger charge is -2.22. The average Bonchev–Trinajstić information content (AvgIpc) is 2.76. The maximum absolute atomic E-state index is 12.5. The van der Waals surface area contributed by atoms with E-state index in [2.05, 4.69) is 34.0 Å². The Labute approximate surface area is 171 Å². The third kappa shape index (κ3) is 5.78. The molecule has 3 aromatic rings. The summed E-state index contributed by atoms with van der Waals surface area (Å²) in [5.41, 5.74) is 0.950. The van der Waals surface area contributed by atoms with Crippen molar-refractivity contribution >= 4 is 17.4 Å². The highest BCUT2D eigenvalue weighted by Crippen LogP contribution is 2.22. The Kier molecular flexibility index (Phi) is 7.16. The van der Waals surface area contributed by atoms with Gasteiger partial charge in [-0.1, -0.05) is 32.0 Å². The summed E-state index contributed by atoms with van der Waals surface area (Å²) in [7, 11) is 0. The van der Waals surface area contributed by atoms with Crippen LogP contribution in [0.25, 0.3) is 0 Å². The largest absolute Gasteiger partial charge is 0.457 e. The Morgan fingerprint density at radius 2 is 1.55 bits per heavy atom. The molecule has 1 aromatic heterocycles. The summed E-state index contributed by atoms with van der Waals surface area (Å²) >= 11 is 0. The molecule has 6 heteroatoms. The molecule has 0 aliphatic carbocycles. The Balaban J connectivity index is 1.61. The highest BCUT2D eigenvalue weighted by atomic mass is 16.5. The predicted octanol–water partition coefficient (Wildman–Crippen LogP) is 5.15. The molecule has 29 heavy (non-hydrogen) atoms. The third-order valence-electron chi connectivity index (χ3n) is 4.27. The maximum Gasteiger partial charge on any atom is 0.275 e. The molecule has 0 aliphatic heterocycles. The van der Waals surface area contributed by atoms with Gasteiger partial charge < -0.3 is 15.0 Å². The van der Waals surface area contributed by atoms with E-state index in [1.807, 2.05) is 42.5 Å². The van der Waals surface area contributed by atoms with Crippen LogP contribution in [0.1, 0.15) is 37.2 Å². The van der Waals surface area contributed by atoms with Crippen LogP contribution < -0.4 is 15.0 Å². The fourth-order valence-corrected chi connectivity index (χ4v) is 2.91. The van der Waals surface area contributed by atoms with E-state index in [1.54, 1.807) is 18.3 Å². The second-order valence-corrected chi connectivity index (χ2v) is 6.64. The minimum absolute atomic E-state index is 0.284. The number of amides is 1. The Bertz CT molecular complexity index is 890. The zero-order valence-corrected chi connectivity index (χ0v) is 16.8. The number of nitrogens with zero attached hydrogens (tertiary/aromatic N) is 3. The van der Waals surface area contributed by atoms with Gasteiger partial charge in [0, 0.05) is 18.8 Å². The van der Waals surface area contributed by atoms with Gasteiger partial charge in [-0.25, -0.2) is 9.97 Å². The van der Waals surface area contributed by atoms with E-state index in [-0.39, 0.29) is 11.6 Å². The van der Waals surface area contributed by atoms with Gasteiger partial charge in [0.15, 0.2) is 0 Å². The number of rotatable bonds is 9. The molecule has 0 fully saturated rings. The Morgan fingerprint density at radius 1 is 0.897 bits per heavy atom. The van der Waals surface area contributed by atoms with Crippen molar-refractivity contribution in [3.63, 3.8) is 0 Å². The molecule has 3 rings (SSSR count). The van der Waals surface area contributed by atoms with Crippen molar-refractivity contribution < 1.29 is 9.53 Å². The summed E-state index contributed by atoms with van der Waals surface area (Å²) in [4.78, 5) is 23.4. The van der Waals surface area contributed by atoms with Crippen LogP contribution in [0.5, 0.6) is 11.5 Å². The van der Waals surface area contributed by atoms with Gasteiger partial charge in [-0.3, -0.25) is 4.79 Å². The highest BCUT2D eigenvalue weighted by molar-refractivity contribution is 6.02. The lowest BCUT2D eigenvalue weighted by atomic mass is 10.3. The van der Waals surface area contributed by atoms with Crippen LogP contribution in [0.15, 0.2) is 67.0 Å². The first-order chi connectivity index (χ1) is 14.2. The van der Waals surface area contributed by atoms with Crippen molar-refractivity contribution in [1.29, 1.82) is 0 Å². The van der Waals surface area contributed by atoms with Gasteiger partial charge in [0.05, 0.1) is 12.4 Å². The van der Waals surface area contributed by atoms with Gasteiger partial charge in [0.2, 0.25) is 0 Å². The van der Waals surface area contributed by atoms with E-state index in [1.165, 1.54) is 6.20 Å². The standard InChI is InChI=1S/C23H26N4O2/c1-3-14-27(15-4-2)22-17-24-21(16-25-22)23(28)26-18-10-12-20(13-11-18)29-19-8-6-5-7-9-19/h5-13,16-17H,3-4,14-15H2,1-2H3,(H,26,28). The van der Waals surface area contributed by atoms with E-state index in [4.69, 9.17) is 4.74 Å². The molecular formula is C23H26N4O2. The fourth-order valence-electron chi connectivity index (χ4n) is 2.91. The van der Waals surface area contributed by atoms with Crippen LogP contribution in [0, 0.1) is 0 Å². The number of anilines is 2. The first-order valence-electron chi connectivity index (χ1n) is 9.91. The molecule has 0 saturated heterocycles. The number of nitrogens with one attached hydrogen (secondary N) is 1. The molecule has 0 spiro atoms. The molecule has 1 heterocycles. The first-order valence-corrected chi connectivity index (χ1v) is 9.91. The second-order valence-electron chi connectivity index (χ2n) is 6.64. The number of aromatic nitrogens is 2. The van der Waals surface area contributed by atoms with Gasteiger partial charge >= 0.3 is 0 Å². The van der Waals surface area contributed by atoms with E-state index in [0.717, 1.165) is 37.5 Å². The molecule has 0 saturated carbocycles. The number of carbonyl (C=O) groups excluding carboxylic acids is 1. The van der Waals surface area contributed by atoms with Crippen LogP contribution >= 0.6 is 0 Å². The number of hydrogen-bond donors (Lipinski definition) is 1. The molecule has 1 N–H and O–H groups in total. The second kappa shape index (κ2) is 10.2. The summed E-state index contributed by atoms with van der Waals surface area (Å²) in [6.45, 7) is 6.11. The van der Waals surface area contributed by atoms with Crippen molar-refractivity contribution in [3.05, 3.63) is 72.7 Å². The average molecular weight is 390 g/mol. The normalized spacial score (nSPS) is 10.4. The summed E-state index contributed by atoms with van der Waals surface area (Å²) in [5.74, 6) is 1.97. The molecule has 0 atom stereocenters. The third-order valence-corrected chi connectivity index (χ3v) is 4.27. The number of carbonyl (C=O) groups is 1. The van der Waals surface area contributed by atoms with Crippen molar-refractivity contribution in [3.8, 4) is 11.5 Å². The predicted molar refractivity (Wildman–Crippen MR) is 116 cm³/mol. The van der Waals surface area contributed by atoms with Crippen LogP contribution in [-0.2, 0) is 0 Å². The number of benzene rings is 2. The molecule has 2 aromatic carbocycles. The highest BCUT2D eigenvalue weighted by Gasteiger charge is 2.11. The summed E-state index contributed by atoms with van der Waals surface area (Å²) < 4.78 is 5.76. The summed E-state index contributed by atoms with van der Waals surface area (Å²) in [5, 5.41) is 2.84. The summed E-state index contributed by atoms with van der Waals surface area (Å²) in [6, 6.07) is 16.8. The molecule has 150 valence electrons. The van der Waals surface area contributed by atoms with Gasteiger partial charge in [0.25, 0.3) is 5.91 Å². The maximum atomic E-state index is 12.5. The smallest absolute Gasteiger partial charge is 0.275 e. The lowest BCUT2D eigenvalue weighted by molar-refractivity contribution is 0.102. The van der Waals surface area contributed by atoms with Gasteiger partial charge in [-0.15, -0.1) is 0 Å². The van der Waals surface area contributed by atoms with E-state index in [0.29, 0.717) is 11.4 Å². The number of hydrogen-bond acceptors (Lipinski definition) is 5. The number of ether oxygens (including phenoxy) is 1. The molecule has 0 aliphatic rings. The van der Waals surface area contributed by atoms with Crippen molar-refractivity contribution in [1.82, 2.24) is 9.97 Å². The quantitative estimate of drug-likeness (QED) is 0.547. The van der Waals surface area contributed by atoms with Gasteiger partial charge in [0.1, 0.15) is 23.0 Å². The van der Waals surface area contributed by atoms with E-state index >= 15 is 0 Å². The van der Waals surface area contributed by atoms with Crippen LogP contribution in [0.4, 0.5) is 11.5 Å². The SMILES string of the molecule is CCCN(CCC)c1cnc(C(=O)Nc2ccc(Oc3ccccc3)cc2)cn1. The Hall–Kier alpha value is -3.41. The monoisotopic (exact) mass is 390 g/mol. The minimum atomic E-state index is -0.293. The van der Waals surface area contributed by atoms with Crippen LogP contribution in [0.2, 0.25) is 0 Å². The van der Waals surface area contributed by atoms with E-state index in [9.17, 15) is 4.79 Å². The molecule has 0 bridgehead atoms. The molecule has 1 amide bonds. The Morgan fingerprint density at radius 3 is 2.14 bits per heavy atom. The lowest BCUT2D eigenvalue weighted by Crippen LogP contribution is -2.26. The van der Waals surface area contributed by atoms with Crippen LogP contribution in [-0.4, -0.2) is 29.0 Å². The van der Waals surface area contributed by atoms with Crippen molar-refractivity contribution in [2.75, 3.05) is 23.3 Å². The fraction of sp³-hybridized carbons (Fsp3) is 0.261. The zero-order chi connectivity index (χ0) is 20.5. The van der Waals surface area contributed by atoms with Gasteiger partial charge in [-0.05, 0) is 49.2 Å². The molecule has 0 unspecified atom stereocenters. The van der Waals surface area contributed by atoms with Crippen LogP contribution in [0.3, 0.4) is 0 Å². The summed E-state index contributed by atoms with van der Waals surface area (Å²) in [6.07, 6.45) is 5.26. The first kappa shape index (κ1) is 20.3. The molecule has 6 nitrogen and oxygen atoms in total. The van der Waals surface area contributed by atoms with Gasteiger partial charge in [-0.2, -0.15) is 0 Å². The van der Waals surface area contributed by atoms with Crippen molar-refractivity contribution in [2.24, 2.45) is 0 Å².